The SMILES string of the molecule is OC1[C@@H](O)C(CS)O[C@@H](O[C@@H]2C(CS)O[C@@H](O)[C@@H](O)C2O)[C@H]1O. The second kappa shape index (κ2) is 8.15. The van der Waals surface area contributed by atoms with E-state index in [-0.39, 0.29) is 11.5 Å². The van der Waals surface area contributed by atoms with Gasteiger partial charge in [-0.15, -0.1) is 0 Å². The van der Waals surface area contributed by atoms with Crippen molar-refractivity contribution < 1.29 is 44.8 Å². The number of aliphatic hydroxyl groups is 6. The van der Waals surface area contributed by atoms with Crippen LogP contribution in [-0.4, -0.2) is 104 Å². The lowest BCUT2D eigenvalue weighted by Gasteiger charge is -2.45. The van der Waals surface area contributed by atoms with Crippen LogP contribution in [0.3, 0.4) is 0 Å². The van der Waals surface area contributed by atoms with E-state index >= 15 is 0 Å². The molecule has 2 heterocycles. The molecule has 0 aromatic rings. The third-order valence-corrected chi connectivity index (χ3v) is 4.70. The smallest absolute Gasteiger partial charge is 0.187 e. The fourth-order valence-electron chi connectivity index (χ4n) is 2.57. The van der Waals surface area contributed by atoms with Gasteiger partial charge in [0.2, 0.25) is 0 Å². The highest BCUT2D eigenvalue weighted by atomic mass is 32.1. The first-order valence-electron chi connectivity index (χ1n) is 7.08. The maximum absolute atomic E-state index is 10.1. The van der Waals surface area contributed by atoms with Crippen molar-refractivity contribution in [3.63, 3.8) is 0 Å². The summed E-state index contributed by atoms with van der Waals surface area (Å²) in [5.41, 5.74) is 0. The number of thiol groups is 2. The number of rotatable bonds is 4. The van der Waals surface area contributed by atoms with Crippen molar-refractivity contribution in [2.24, 2.45) is 0 Å². The van der Waals surface area contributed by atoms with E-state index in [2.05, 4.69) is 25.3 Å². The van der Waals surface area contributed by atoms with Gasteiger partial charge in [-0.05, 0) is 0 Å². The Morgan fingerprint density at radius 3 is 1.87 bits per heavy atom. The van der Waals surface area contributed by atoms with Crippen LogP contribution in [0.1, 0.15) is 0 Å². The molecule has 2 saturated heterocycles. The van der Waals surface area contributed by atoms with Gasteiger partial charge in [0.05, 0.1) is 12.2 Å². The lowest BCUT2D eigenvalue weighted by atomic mass is 9.97. The van der Waals surface area contributed by atoms with Crippen LogP contribution in [0.4, 0.5) is 0 Å². The van der Waals surface area contributed by atoms with Crippen molar-refractivity contribution in [2.75, 3.05) is 11.5 Å². The minimum Gasteiger partial charge on any atom is -0.388 e. The van der Waals surface area contributed by atoms with Crippen LogP contribution in [0.15, 0.2) is 0 Å². The van der Waals surface area contributed by atoms with Gasteiger partial charge in [-0.1, -0.05) is 0 Å². The minimum absolute atomic E-state index is 0.0511. The quantitative estimate of drug-likeness (QED) is 0.234. The van der Waals surface area contributed by atoms with Crippen molar-refractivity contribution in [3.8, 4) is 0 Å². The molecule has 0 bridgehead atoms. The second-order valence-corrected chi connectivity index (χ2v) is 6.26. The first-order valence-corrected chi connectivity index (χ1v) is 8.34. The monoisotopic (exact) mass is 374 g/mol. The van der Waals surface area contributed by atoms with E-state index in [1.54, 1.807) is 0 Å². The van der Waals surface area contributed by atoms with Gasteiger partial charge in [-0.25, -0.2) is 0 Å². The molecule has 0 radical (unpaired) electrons. The average Bonchev–Trinajstić information content (AvgIpc) is 2.55. The zero-order valence-electron chi connectivity index (χ0n) is 12.0. The van der Waals surface area contributed by atoms with Crippen molar-refractivity contribution >= 4 is 25.3 Å². The van der Waals surface area contributed by atoms with Crippen LogP contribution in [0, 0.1) is 0 Å². The van der Waals surface area contributed by atoms with Crippen LogP contribution in [-0.2, 0) is 14.2 Å². The first-order chi connectivity index (χ1) is 10.8. The molecule has 0 aromatic heterocycles. The summed E-state index contributed by atoms with van der Waals surface area (Å²) in [5, 5.41) is 58.8. The highest BCUT2D eigenvalue weighted by Crippen LogP contribution is 2.29. The fraction of sp³-hybridized carbons (Fsp3) is 1.00. The van der Waals surface area contributed by atoms with E-state index in [0.29, 0.717) is 0 Å². The molecule has 0 spiro atoms. The predicted molar refractivity (Wildman–Crippen MR) is 82.2 cm³/mol. The number of ether oxygens (including phenoxy) is 3. The summed E-state index contributed by atoms with van der Waals surface area (Å²) in [6.07, 6.45) is -13.5. The first kappa shape index (κ1) is 19.7. The Hall–Kier alpha value is 0.340. The highest BCUT2D eigenvalue weighted by molar-refractivity contribution is 7.80. The summed E-state index contributed by atoms with van der Waals surface area (Å²) >= 11 is 8.02. The Morgan fingerprint density at radius 2 is 1.30 bits per heavy atom. The zero-order chi connectivity index (χ0) is 17.3. The molecular weight excluding hydrogens is 352 g/mol. The van der Waals surface area contributed by atoms with E-state index < -0.39 is 61.4 Å². The molecule has 0 amide bonds. The lowest BCUT2D eigenvalue weighted by molar-refractivity contribution is -0.346. The maximum Gasteiger partial charge on any atom is 0.187 e. The van der Waals surface area contributed by atoms with E-state index in [1.165, 1.54) is 0 Å². The number of hydrogen-bond donors (Lipinski definition) is 8. The Morgan fingerprint density at radius 1 is 0.696 bits per heavy atom. The molecule has 2 rings (SSSR count). The van der Waals surface area contributed by atoms with Gasteiger partial charge < -0.3 is 44.8 Å². The number of hydrogen-bond acceptors (Lipinski definition) is 11. The molecule has 10 atom stereocenters. The maximum atomic E-state index is 10.1. The molecule has 2 aliphatic heterocycles. The molecule has 2 aliphatic rings. The van der Waals surface area contributed by atoms with Crippen molar-refractivity contribution in [1.82, 2.24) is 0 Å². The zero-order valence-corrected chi connectivity index (χ0v) is 13.8. The second-order valence-electron chi connectivity index (χ2n) is 5.53. The third-order valence-electron chi connectivity index (χ3n) is 3.98. The summed E-state index contributed by atoms with van der Waals surface area (Å²) in [6.45, 7) is 0. The summed E-state index contributed by atoms with van der Waals surface area (Å²) in [6, 6.07) is 0. The van der Waals surface area contributed by atoms with Gasteiger partial charge in [0, 0.05) is 11.5 Å². The molecule has 4 unspecified atom stereocenters. The Bertz CT molecular complexity index is 386. The Labute approximate surface area is 143 Å². The van der Waals surface area contributed by atoms with Crippen molar-refractivity contribution in [1.29, 1.82) is 0 Å². The van der Waals surface area contributed by atoms with E-state index in [9.17, 15) is 30.6 Å². The molecular formula is C12H22O9S2. The van der Waals surface area contributed by atoms with Gasteiger partial charge in [0.25, 0.3) is 0 Å². The largest absolute Gasteiger partial charge is 0.388 e. The minimum atomic E-state index is -1.62. The normalized spacial score (nSPS) is 51.7. The molecule has 136 valence electrons. The van der Waals surface area contributed by atoms with Gasteiger partial charge >= 0.3 is 0 Å². The van der Waals surface area contributed by atoms with Crippen LogP contribution < -0.4 is 0 Å². The average molecular weight is 374 g/mol. The fourth-order valence-corrected chi connectivity index (χ4v) is 3.17. The molecule has 2 fully saturated rings. The topological polar surface area (TPSA) is 149 Å². The Balaban J connectivity index is 2.11. The van der Waals surface area contributed by atoms with Crippen LogP contribution in [0.5, 0.6) is 0 Å². The molecule has 23 heavy (non-hydrogen) atoms. The van der Waals surface area contributed by atoms with Gasteiger partial charge in [0.1, 0.15) is 36.6 Å². The van der Waals surface area contributed by atoms with E-state index in [1.807, 2.05) is 0 Å². The molecule has 6 N–H and O–H groups in total. The van der Waals surface area contributed by atoms with E-state index in [0.717, 1.165) is 0 Å². The van der Waals surface area contributed by atoms with E-state index in [4.69, 9.17) is 14.2 Å². The summed E-state index contributed by atoms with van der Waals surface area (Å²) in [7, 11) is 0. The standard InChI is InChI=1S/C12H22O9S2/c13-5-3(1-22)20-12(9(17)6(5)14)21-10-4(2-23)19-11(18)8(16)7(10)15/h3-18,22-23H,1-2H2/t3?,4?,5-,6?,7?,8-,9-,10+,11+,12-/m0/s1. The molecule has 11 heteroatoms. The van der Waals surface area contributed by atoms with Gasteiger partial charge in [-0.2, -0.15) is 25.3 Å². The highest BCUT2D eigenvalue weighted by Gasteiger charge is 2.49. The summed E-state index contributed by atoms with van der Waals surface area (Å²) in [4.78, 5) is 0. The van der Waals surface area contributed by atoms with Gasteiger partial charge in [-0.3, -0.25) is 0 Å². The number of aliphatic hydroxyl groups excluding tert-OH is 6. The van der Waals surface area contributed by atoms with Crippen LogP contribution in [0.25, 0.3) is 0 Å². The van der Waals surface area contributed by atoms with Crippen LogP contribution >= 0.6 is 25.3 Å². The molecule has 0 aromatic carbocycles. The van der Waals surface area contributed by atoms with Gasteiger partial charge in [0.15, 0.2) is 12.6 Å². The lowest BCUT2D eigenvalue weighted by Crippen LogP contribution is -2.64. The van der Waals surface area contributed by atoms with Crippen molar-refractivity contribution in [3.05, 3.63) is 0 Å². The molecule has 0 aliphatic carbocycles. The van der Waals surface area contributed by atoms with Crippen LogP contribution in [0.2, 0.25) is 0 Å². The predicted octanol–water partition coefficient (Wildman–Crippen LogP) is -3.52. The summed E-state index contributed by atoms with van der Waals surface area (Å²) in [5.74, 6) is 0.112. The Kier molecular flexibility index (Phi) is 6.96. The molecule has 0 saturated carbocycles. The summed E-state index contributed by atoms with van der Waals surface area (Å²) < 4.78 is 15.9. The van der Waals surface area contributed by atoms with Crippen molar-refractivity contribution in [2.45, 2.75) is 61.4 Å². The molecule has 9 nitrogen and oxygen atoms in total. The third kappa shape index (κ3) is 3.96.